The van der Waals surface area contributed by atoms with Crippen LogP contribution in [-0.4, -0.2) is 60.2 Å². The zero-order valence-electron chi connectivity index (χ0n) is 13.4. The van der Waals surface area contributed by atoms with Gasteiger partial charge >= 0.3 is 0 Å². The predicted molar refractivity (Wildman–Crippen MR) is 80.4 cm³/mol. The third-order valence-electron chi connectivity index (χ3n) is 3.74. The van der Waals surface area contributed by atoms with Crippen LogP contribution in [0, 0.1) is 5.92 Å². The van der Waals surface area contributed by atoms with Crippen molar-refractivity contribution in [1.82, 2.24) is 15.1 Å². The summed E-state index contributed by atoms with van der Waals surface area (Å²) in [6.07, 6.45) is 2.35. The average Bonchev–Trinajstić information content (AvgIpc) is 3.16. The number of rotatable bonds is 7. The summed E-state index contributed by atoms with van der Waals surface area (Å²) in [6, 6.07) is 0.139. The van der Waals surface area contributed by atoms with Crippen molar-refractivity contribution in [1.29, 1.82) is 0 Å². The van der Waals surface area contributed by atoms with E-state index in [0.29, 0.717) is 18.0 Å². The van der Waals surface area contributed by atoms with Crippen LogP contribution in [0.3, 0.4) is 0 Å². The van der Waals surface area contributed by atoms with Gasteiger partial charge in [0.25, 0.3) is 0 Å². The van der Waals surface area contributed by atoms with Crippen LogP contribution in [0.2, 0.25) is 0 Å². The molecule has 0 aromatic carbocycles. The first-order chi connectivity index (χ1) is 9.79. The van der Waals surface area contributed by atoms with Gasteiger partial charge in [0.2, 0.25) is 18.2 Å². The van der Waals surface area contributed by atoms with E-state index in [2.05, 4.69) is 5.32 Å². The largest absolute Gasteiger partial charge is 0.350 e. The minimum absolute atomic E-state index is 0.0278. The molecule has 1 N–H and O–H groups in total. The van der Waals surface area contributed by atoms with Gasteiger partial charge in [-0.05, 0) is 19.8 Å². The maximum atomic E-state index is 12.1. The Morgan fingerprint density at radius 2 is 2.00 bits per heavy atom. The summed E-state index contributed by atoms with van der Waals surface area (Å²) in [5, 5.41) is 2.37. The number of carbonyl (C=O) groups is 3. The Kier molecular flexibility index (Phi) is 5.93. The van der Waals surface area contributed by atoms with Crippen molar-refractivity contribution in [2.45, 2.75) is 39.8 Å². The van der Waals surface area contributed by atoms with Gasteiger partial charge in [0, 0.05) is 25.2 Å². The molecule has 0 radical (unpaired) electrons. The number of likely N-dealkylation sites (N-methyl/N-ethyl adjacent to an activating group) is 1. The molecule has 2 atom stereocenters. The SMILES string of the molecule is CC(=C[C@H](C(C)C)N(C)C(=O)CNC=O)C(=O)N1CC1C. The Labute approximate surface area is 126 Å². The number of hydrogen-bond acceptors (Lipinski definition) is 3. The summed E-state index contributed by atoms with van der Waals surface area (Å²) in [5.41, 5.74) is 0.654. The number of nitrogens with one attached hydrogen (secondary N) is 1. The van der Waals surface area contributed by atoms with Crippen LogP contribution in [-0.2, 0) is 14.4 Å². The first kappa shape index (κ1) is 17.2. The second-order valence-corrected chi connectivity index (χ2v) is 5.89. The standard InChI is InChI=1S/C15H25N3O3/c1-10(2)13(17(5)14(20)7-16-9-19)6-11(3)15(21)18-8-12(18)4/h6,9-10,12-13H,7-8H2,1-5H3,(H,16,19)/t12?,13-,18?/m1/s1. The van der Waals surface area contributed by atoms with E-state index >= 15 is 0 Å². The molecule has 0 aromatic heterocycles. The molecule has 0 saturated carbocycles. The van der Waals surface area contributed by atoms with Crippen molar-refractivity contribution in [3.05, 3.63) is 11.6 Å². The smallest absolute Gasteiger partial charge is 0.249 e. The van der Waals surface area contributed by atoms with Gasteiger partial charge in [-0.15, -0.1) is 0 Å². The Bertz CT molecular complexity index is 445. The van der Waals surface area contributed by atoms with Crippen LogP contribution in [0.5, 0.6) is 0 Å². The van der Waals surface area contributed by atoms with Crippen LogP contribution < -0.4 is 5.32 Å². The van der Waals surface area contributed by atoms with Gasteiger partial charge in [-0.25, -0.2) is 0 Å². The van der Waals surface area contributed by atoms with Crippen LogP contribution in [0.15, 0.2) is 11.6 Å². The summed E-state index contributed by atoms with van der Waals surface area (Å²) in [7, 11) is 1.69. The molecule has 1 heterocycles. The van der Waals surface area contributed by atoms with Crippen molar-refractivity contribution in [3.63, 3.8) is 0 Å². The monoisotopic (exact) mass is 295 g/mol. The normalized spacial score (nSPS) is 19.2. The van der Waals surface area contributed by atoms with Crippen molar-refractivity contribution in [2.75, 3.05) is 20.1 Å². The molecule has 0 aromatic rings. The maximum absolute atomic E-state index is 12.1. The summed E-state index contributed by atoms with van der Waals surface area (Å²) in [5.74, 6) is 0.0157. The summed E-state index contributed by atoms with van der Waals surface area (Å²) in [4.78, 5) is 37.7. The minimum Gasteiger partial charge on any atom is -0.350 e. The average molecular weight is 295 g/mol. The highest BCUT2D eigenvalue weighted by molar-refractivity contribution is 5.94. The first-order valence-electron chi connectivity index (χ1n) is 7.21. The quantitative estimate of drug-likeness (QED) is 0.420. The zero-order valence-corrected chi connectivity index (χ0v) is 13.4. The number of carbonyl (C=O) groups excluding carboxylic acids is 3. The van der Waals surface area contributed by atoms with E-state index < -0.39 is 0 Å². The second kappa shape index (κ2) is 7.24. The highest BCUT2D eigenvalue weighted by Gasteiger charge is 2.35. The minimum atomic E-state index is -0.183. The van der Waals surface area contributed by atoms with E-state index in [4.69, 9.17) is 0 Å². The molecule has 6 heteroatoms. The molecule has 1 unspecified atom stereocenters. The number of amides is 3. The fourth-order valence-electron chi connectivity index (χ4n) is 2.25. The molecular formula is C15H25N3O3. The zero-order chi connectivity index (χ0) is 16.2. The van der Waals surface area contributed by atoms with Gasteiger partial charge in [-0.1, -0.05) is 19.9 Å². The van der Waals surface area contributed by atoms with Gasteiger partial charge in [-0.3, -0.25) is 14.4 Å². The van der Waals surface area contributed by atoms with E-state index in [1.165, 1.54) is 0 Å². The molecule has 21 heavy (non-hydrogen) atoms. The summed E-state index contributed by atoms with van der Waals surface area (Å²) in [6.45, 7) is 8.55. The van der Waals surface area contributed by atoms with Crippen molar-refractivity contribution >= 4 is 18.2 Å². The van der Waals surface area contributed by atoms with E-state index in [1.54, 1.807) is 23.8 Å². The fourth-order valence-corrected chi connectivity index (χ4v) is 2.25. The van der Waals surface area contributed by atoms with Crippen LogP contribution >= 0.6 is 0 Å². The molecule has 3 amide bonds. The Hall–Kier alpha value is -1.85. The summed E-state index contributed by atoms with van der Waals surface area (Å²) < 4.78 is 0. The fraction of sp³-hybridized carbons (Fsp3) is 0.667. The molecule has 1 aliphatic heterocycles. The lowest BCUT2D eigenvalue weighted by Crippen LogP contribution is -2.43. The van der Waals surface area contributed by atoms with Crippen molar-refractivity contribution < 1.29 is 14.4 Å². The van der Waals surface area contributed by atoms with Crippen LogP contribution in [0.1, 0.15) is 27.7 Å². The van der Waals surface area contributed by atoms with E-state index in [1.807, 2.05) is 26.8 Å². The van der Waals surface area contributed by atoms with Crippen molar-refractivity contribution in [2.24, 2.45) is 5.92 Å². The lowest BCUT2D eigenvalue weighted by Gasteiger charge is -2.29. The Morgan fingerprint density at radius 3 is 2.43 bits per heavy atom. The number of nitrogens with zero attached hydrogens (tertiary/aromatic N) is 2. The third-order valence-corrected chi connectivity index (χ3v) is 3.74. The third kappa shape index (κ3) is 4.58. The van der Waals surface area contributed by atoms with E-state index in [0.717, 1.165) is 6.54 Å². The molecule has 1 saturated heterocycles. The predicted octanol–water partition coefficient (Wildman–Crippen LogP) is 0.392. The van der Waals surface area contributed by atoms with Crippen molar-refractivity contribution in [3.8, 4) is 0 Å². The molecule has 1 rings (SSSR count). The lowest BCUT2D eigenvalue weighted by atomic mass is 10.00. The highest BCUT2D eigenvalue weighted by atomic mass is 16.2. The van der Waals surface area contributed by atoms with Gasteiger partial charge in [-0.2, -0.15) is 0 Å². The highest BCUT2D eigenvalue weighted by Crippen LogP contribution is 2.21. The van der Waals surface area contributed by atoms with Crippen LogP contribution in [0.4, 0.5) is 0 Å². The molecule has 1 fully saturated rings. The molecule has 118 valence electrons. The van der Waals surface area contributed by atoms with Gasteiger partial charge in [0.15, 0.2) is 0 Å². The summed E-state index contributed by atoms with van der Waals surface area (Å²) >= 11 is 0. The van der Waals surface area contributed by atoms with Gasteiger partial charge in [0.05, 0.1) is 12.6 Å². The van der Waals surface area contributed by atoms with Gasteiger partial charge in [0.1, 0.15) is 0 Å². The molecule has 0 aliphatic carbocycles. The van der Waals surface area contributed by atoms with Gasteiger partial charge < -0.3 is 15.1 Å². The second-order valence-electron chi connectivity index (χ2n) is 5.89. The molecular weight excluding hydrogens is 270 g/mol. The molecule has 0 bridgehead atoms. The molecule has 6 nitrogen and oxygen atoms in total. The van der Waals surface area contributed by atoms with E-state index in [-0.39, 0.29) is 30.3 Å². The maximum Gasteiger partial charge on any atom is 0.249 e. The Balaban J connectivity index is 2.78. The number of hydrogen-bond donors (Lipinski definition) is 1. The molecule has 1 aliphatic rings. The lowest BCUT2D eigenvalue weighted by molar-refractivity contribution is -0.132. The molecule has 0 spiro atoms. The topological polar surface area (TPSA) is 69.5 Å². The van der Waals surface area contributed by atoms with Crippen LogP contribution in [0.25, 0.3) is 0 Å². The van der Waals surface area contributed by atoms with E-state index in [9.17, 15) is 14.4 Å². The Morgan fingerprint density at radius 1 is 1.43 bits per heavy atom. The first-order valence-corrected chi connectivity index (χ1v) is 7.21.